The van der Waals surface area contributed by atoms with Crippen LogP contribution in [0.2, 0.25) is 0 Å². The van der Waals surface area contributed by atoms with Crippen LogP contribution in [0.3, 0.4) is 0 Å². The highest BCUT2D eigenvalue weighted by molar-refractivity contribution is 5.96. The van der Waals surface area contributed by atoms with E-state index in [-0.39, 0.29) is 11.8 Å². The van der Waals surface area contributed by atoms with Crippen LogP contribution in [0.15, 0.2) is 11.8 Å². The van der Waals surface area contributed by atoms with Crippen molar-refractivity contribution >= 4 is 11.9 Å². The van der Waals surface area contributed by atoms with Gasteiger partial charge in [-0.05, 0) is 7.05 Å². The predicted molar refractivity (Wildman–Crippen MR) is 51.9 cm³/mol. The molecule has 1 aliphatic heterocycles. The largest absolute Gasteiger partial charge is 0.466 e. The molecule has 0 saturated carbocycles. The van der Waals surface area contributed by atoms with E-state index < -0.39 is 11.9 Å². The molecule has 1 unspecified atom stereocenters. The lowest BCUT2D eigenvalue weighted by Gasteiger charge is -2.25. The predicted octanol–water partition coefficient (Wildman–Crippen LogP) is -1.22. The van der Waals surface area contributed by atoms with Crippen LogP contribution < -0.4 is 10.6 Å². The zero-order valence-corrected chi connectivity index (χ0v) is 8.70. The Morgan fingerprint density at radius 2 is 2.53 bits per heavy atom. The Morgan fingerprint density at radius 1 is 1.80 bits per heavy atom. The summed E-state index contributed by atoms with van der Waals surface area (Å²) in [5, 5.41) is 5.71. The number of carbonyl (C=O) groups excluding carboxylic acids is 2. The summed E-state index contributed by atoms with van der Waals surface area (Å²) < 4.78 is 9.44. The van der Waals surface area contributed by atoms with Gasteiger partial charge in [0.25, 0.3) is 0 Å². The van der Waals surface area contributed by atoms with E-state index in [0.29, 0.717) is 13.1 Å². The molecule has 1 saturated heterocycles. The summed E-state index contributed by atoms with van der Waals surface area (Å²) >= 11 is 0. The number of esters is 2. The van der Waals surface area contributed by atoms with E-state index in [2.05, 4.69) is 15.4 Å². The maximum atomic E-state index is 11.3. The summed E-state index contributed by atoms with van der Waals surface area (Å²) in [4.78, 5) is 22.2. The van der Waals surface area contributed by atoms with Crippen molar-refractivity contribution in [1.29, 1.82) is 0 Å². The fourth-order valence-corrected chi connectivity index (χ4v) is 1.18. The van der Waals surface area contributed by atoms with E-state index >= 15 is 0 Å². The summed E-state index contributed by atoms with van der Waals surface area (Å²) in [7, 11) is 3.02. The van der Waals surface area contributed by atoms with Crippen LogP contribution in [0.4, 0.5) is 0 Å². The number of hydrogen-bond donors (Lipinski definition) is 2. The molecule has 15 heavy (non-hydrogen) atoms. The number of carbonyl (C=O) groups is 2. The Labute approximate surface area is 87.6 Å². The van der Waals surface area contributed by atoms with Gasteiger partial charge in [-0.15, -0.1) is 0 Å². The molecule has 0 bridgehead atoms. The minimum absolute atomic E-state index is 0.134. The lowest BCUT2D eigenvalue weighted by Crippen LogP contribution is -2.44. The summed E-state index contributed by atoms with van der Waals surface area (Å²) in [6.45, 7) is 1.06. The second-order valence-electron chi connectivity index (χ2n) is 3.05. The average Bonchev–Trinajstić information content (AvgIpc) is 2.22. The van der Waals surface area contributed by atoms with Gasteiger partial charge in [-0.25, -0.2) is 9.59 Å². The molecule has 0 aromatic carbocycles. The summed E-state index contributed by atoms with van der Waals surface area (Å²) in [6.07, 6.45) is 0.870. The Balaban J connectivity index is 2.56. The van der Waals surface area contributed by atoms with Crippen molar-refractivity contribution in [2.24, 2.45) is 0 Å². The third-order valence-corrected chi connectivity index (χ3v) is 1.91. The molecule has 1 atom stereocenters. The number of likely N-dealkylation sites (N-methyl/N-ethyl adjacent to an activating group) is 1. The van der Waals surface area contributed by atoms with Crippen molar-refractivity contribution in [1.82, 2.24) is 10.6 Å². The Bertz CT molecular complexity index is 288. The Morgan fingerprint density at radius 3 is 3.07 bits per heavy atom. The van der Waals surface area contributed by atoms with Crippen LogP contribution in [-0.4, -0.2) is 45.3 Å². The van der Waals surface area contributed by atoms with E-state index in [1.807, 2.05) is 0 Å². The van der Waals surface area contributed by atoms with E-state index in [4.69, 9.17) is 4.74 Å². The molecule has 1 heterocycles. The minimum atomic E-state index is -0.582. The van der Waals surface area contributed by atoms with Crippen LogP contribution >= 0.6 is 0 Å². The Kier molecular flexibility index (Phi) is 4.11. The number of morpholine rings is 1. The molecular formula is C9H14N2O4. The highest BCUT2D eigenvalue weighted by atomic mass is 16.5. The van der Waals surface area contributed by atoms with Crippen molar-refractivity contribution in [3.05, 3.63) is 11.8 Å². The fourth-order valence-electron chi connectivity index (χ4n) is 1.18. The van der Waals surface area contributed by atoms with Crippen LogP contribution in [0.1, 0.15) is 0 Å². The molecule has 6 heteroatoms. The second-order valence-corrected chi connectivity index (χ2v) is 3.05. The minimum Gasteiger partial charge on any atom is -0.466 e. The van der Waals surface area contributed by atoms with Crippen molar-refractivity contribution < 1.29 is 19.1 Å². The van der Waals surface area contributed by atoms with Crippen LogP contribution in [0.25, 0.3) is 0 Å². The summed E-state index contributed by atoms with van der Waals surface area (Å²) in [5.41, 5.74) is 0.134. The lowest BCUT2D eigenvalue weighted by atomic mass is 10.2. The zero-order valence-electron chi connectivity index (χ0n) is 8.70. The van der Waals surface area contributed by atoms with Crippen molar-refractivity contribution in [3.8, 4) is 0 Å². The van der Waals surface area contributed by atoms with Gasteiger partial charge in [-0.2, -0.15) is 0 Å². The van der Waals surface area contributed by atoms with Gasteiger partial charge in [0.15, 0.2) is 0 Å². The maximum Gasteiger partial charge on any atom is 0.355 e. The number of hydrogen-bond acceptors (Lipinski definition) is 6. The molecule has 1 aliphatic rings. The molecule has 1 fully saturated rings. The van der Waals surface area contributed by atoms with Gasteiger partial charge in [-0.3, -0.25) is 0 Å². The molecule has 6 nitrogen and oxygen atoms in total. The van der Waals surface area contributed by atoms with E-state index in [0.717, 1.165) is 6.08 Å². The highest BCUT2D eigenvalue weighted by Gasteiger charge is 2.24. The number of cyclic esters (lactones) is 1. The van der Waals surface area contributed by atoms with Gasteiger partial charge in [0, 0.05) is 6.54 Å². The number of ether oxygens (including phenoxy) is 2. The average molecular weight is 214 g/mol. The van der Waals surface area contributed by atoms with E-state index in [1.54, 1.807) is 7.05 Å². The molecule has 0 aliphatic carbocycles. The van der Waals surface area contributed by atoms with Gasteiger partial charge in [0.1, 0.15) is 11.8 Å². The fraction of sp³-hybridized carbons (Fsp3) is 0.556. The summed E-state index contributed by atoms with van der Waals surface area (Å²) in [5.74, 6) is -1.12. The molecule has 1 rings (SSSR count). The standard InChI is InChI=1S/C9H14N2O4/c1-10-4-6-5-11-7(9(13)15-6)3-8(12)14-2/h3,6,10-11H,4-5H2,1-2H3/b7-3-. The van der Waals surface area contributed by atoms with Gasteiger partial charge in [0.2, 0.25) is 0 Å². The van der Waals surface area contributed by atoms with E-state index in [9.17, 15) is 9.59 Å². The van der Waals surface area contributed by atoms with Crippen LogP contribution in [0.5, 0.6) is 0 Å². The molecule has 2 N–H and O–H groups in total. The first kappa shape index (κ1) is 11.5. The van der Waals surface area contributed by atoms with Crippen LogP contribution in [0, 0.1) is 0 Å². The molecule has 0 aromatic rings. The van der Waals surface area contributed by atoms with Gasteiger partial charge in [-0.1, -0.05) is 0 Å². The van der Waals surface area contributed by atoms with Crippen LogP contribution in [-0.2, 0) is 19.1 Å². The van der Waals surface area contributed by atoms with Crippen molar-refractivity contribution in [3.63, 3.8) is 0 Å². The zero-order chi connectivity index (χ0) is 11.3. The van der Waals surface area contributed by atoms with Gasteiger partial charge < -0.3 is 20.1 Å². The monoisotopic (exact) mass is 214 g/mol. The highest BCUT2D eigenvalue weighted by Crippen LogP contribution is 2.05. The topological polar surface area (TPSA) is 76.7 Å². The third-order valence-electron chi connectivity index (χ3n) is 1.91. The van der Waals surface area contributed by atoms with Crippen molar-refractivity contribution in [2.75, 3.05) is 27.2 Å². The first-order valence-corrected chi connectivity index (χ1v) is 4.56. The van der Waals surface area contributed by atoms with Crippen molar-refractivity contribution in [2.45, 2.75) is 6.10 Å². The first-order valence-electron chi connectivity index (χ1n) is 4.56. The smallest absolute Gasteiger partial charge is 0.355 e. The normalized spacial score (nSPS) is 23.2. The molecule has 0 aromatic heterocycles. The quantitative estimate of drug-likeness (QED) is 0.453. The van der Waals surface area contributed by atoms with Gasteiger partial charge in [0.05, 0.1) is 19.7 Å². The first-order chi connectivity index (χ1) is 7.17. The Hall–Kier alpha value is -1.56. The molecule has 0 spiro atoms. The molecular weight excluding hydrogens is 200 g/mol. The second kappa shape index (κ2) is 5.35. The van der Waals surface area contributed by atoms with Gasteiger partial charge >= 0.3 is 11.9 Å². The molecule has 0 amide bonds. The molecule has 0 radical (unpaired) electrons. The van der Waals surface area contributed by atoms with E-state index in [1.165, 1.54) is 7.11 Å². The number of methoxy groups -OCH3 is 1. The maximum absolute atomic E-state index is 11.3. The number of rotatable bonds is 3. The summed E-state index contributed by atoms with van der Waals surface area (Å²) in [6, 6.07) is 0. The molecule has 84 valence electrons. The lowest BCUT2D eigenvalue weighted by molar-refractivity contribution is -0.148. The number of nitrogens with one attached hydrogen (secondary N) is 2. The third kappa shape index (κ3) is 3.25. The SMILES string of the molecule is CNCC1CN/C(=C\C(=O)OC)C(=O)O1.